The lowest BCUT2D eigenvalue weighted by atomic mass is 10.1. The molecule has 0 aliphatic heterocycles. The Bertz CT molecular complexity index is 771. The fraction of sp³-hybridized carbons (Fsp3) is 0.368. The van der Waals surface area contributed by atoms with E-state index in [-0.39, 0.29) is 25.2 Å². The fourth-order valence-electron chi connectivity index (χ4n) is 3.02. The zero-order valence-electron chi connectivity index (χ0n) is 13.8. The van der Waals surface area contributed by atoms with Gasteiger partial charge in [-0.05, 0) is 25.0 Å². The minimum atomic E-state index is -0.583. The zero-order chi connectivity index (χ0) is 17.6. The summed E-state index contributed by atoms with van der Waals surface area (Å²) in [6.45, 7) is -0.539. The summed E-state index contributed by atoms with van der Waals surface area (Å²) >= 11 is 6.15. The highest BCUT2D eigenvalue weighted by Crippen LogP contribution is 2.31. The number of amides is 1. The van der Waals surface area contributed by atoms with Crippen molar-refractivity contribution in [2.24, 2.45) is 0 Å². The molecule has 132 valence electrons. The number of hydrogen-bond acceptors (Lipinski definition) is 4. The molecule has 0 bridgehead atoms. The molecule has 25 heavy (non-hydrogen) atoms. The predicted octanol–water partition coefficient (Wildman–Crippen LogP) is 3.47. The van der Waals surface area contributed by atoms with Gasteiger partial charge in [0.15, 0.2) is 13.2 Å². The summed E-state index contributed by atoms with van der Waals surface area (Å²) in [7, 11) is 0. The van der Waals surface area contributed by atoms with Crippen molar-refractivity contribution in [3.05, 3.63) is 41.4 Å². The van der Waals surface area contributed by atoms with E-state index in [1.54, 1.807) is 12.1 Å². The lowest BCUT2D eigenvalue weighted by Crippen LogP contribution is -2.36. The van der Waals surface area contributed by atoms with E-state index in [9.17, 15) is 9.59 Å². The number of carbonyl (C=O) groups excluding carboxylic acids is 2. The summed E-state index contributed by atoms with van der Waals surface area (Å²) < 4.78 is 10.5. The van der Waals surface area contributed by atoms with E-state index in [1.807, 2.05) is 24.3 Å². The minimum Gasteiger partial charge on any atom is -0.481 e. The van der Waals surface area contributed by atoms with E-state index < -0.39 is 5.97 Å². The summed E-state index contributed by atoms with van der Waals surface area (Å²) in [5.74, 6) is -0.301. The van der Waals surface area contributed by atoms with E-state index in [0.29, 0.717) is 10.8 Å². The van der Waals surface area contributed by atoms with Gasteiger partial charge >= 0.3 is 5.97 Å². The quantitative estimate of drug-likeness (QED) is 0.800. The van der Waals surface area contributed by atoms with Crippen LogP contribution in [0.15, 0.2) is 36.4 Å². The van der Waals surface area contributed by atoms with Crippen molar-refractivity contribution in [1.82, 2.24) is 5.32 Å². The van der Waals surface area contributed by atoms with Gasteiger partial charge in [0.2, 0.25) is 0 Å². The monoisotopic (exact) mass is 361 g/mol. The van der Waals surface area contributed by atoms with E-state index in [0.717, 1.165) is 36.5 Å². The van der Waals surface area contributed by atoms with Crippen LogP contribution in [0.4, 0.5) is 0 Å². The molecule has 0 aromatic heterocycles. The normalized spacial score (nSPS) is 14.4. The van der Waals surface area contributed by atoms with Crippen LogP contribution in [0.3, 0.4) is 0 Å². The van der Waals surface area contributed by atoms with Crippen LogP contribution in [0.25, 0.3) is 10.8 Å². The van der Waals surface area contributed by atoms with Crippen molar-refractivity contribution in [2.75, 3.05) is 13.2 Å². The molecule has 3 rings (SSSR count). The standard InChI is InChI=1S/C19H20ClNO4/c20-16-9-10-17(15-8-4-3-7-14(15)16)24-12-19(23)25-11-18(22)21-13-5-1-2-6-13/h3-4,7-10,13H,1-2,5-6,11-12H2,(H,21,22). The molecule has 6 heteroatoms. The van der Waals surface area contributed by atoms with Crippen molar-refractivity contribution in [3.8, 4) is 5.75 Å². The van der Waals surface area contributed by atoms with Crippen LogP contribution in [-0.4, -0.2) is 31.1 Å². The lowest BCUT2D eigenvalue weighted by Gasteiger charge is -2.12. The number of hydrogen-bond donors (Lipinski definition) is 1. The number of benzene rings is 2. The largest absolute Gasteiger partial charge is 0.481 e. The van der Waals surface area contributed by atoms with Gasteiger partial charge in [0.05, 0.1) is 0 Å². The Labute approximate surface area is 151 Å². The molecular formula is C19H20ClNO4. The fourth-order valence-corrected chi connectivity index (χ4v) is 3.25. The minimum absolute atomic E-state index is 0.211. The SMILES string of the molecule is O=C(COC(=O)COc1ccc(Cl)c2ccccc12)NC1CCCC1. The third-order valence-corrected chi connectivity index (χ3v) is 4.59. The highest BCUT2D eigenvalue weighted by Gasteiger charge is 2.18. The maximum absolute atomic E-state index is 11.8. The average Bonchev–Trinajstić information content (AvgIpc) is 3.12. The molecular weight excluding hydrogens is 342 g/mol. The van der Waals surface area contributed by atoms with Crippen molar-refractivity contribution in [3.63, 3.8) is 0 Å². The number of halogens is 1. The Morgan fingerprint density at radius 3 is 2.52 bits per heavy atom. The first-order chi connectivity index (χ1) is 12.1. The van der Waals surface area contributed by atoms with Crippen LogP contribution in [0.1, 0.15) is 25.7 Å². The number of esters is 1. The second-order valence-corrected chi connectivity index (χ2v) is 6.50. The van der Waals surface area contributed by atoms with Gasteiger partial charge < -0.3 is 14.8 Å². The number of nitrogens with one attached hydrogen (secondary N) is 1. The first-order valence-corrected chi connectivity index (χ1v) is 8.76. The number of ether oxygens (including phenoxy) is 2. The predicted molar refractivity (Wildman–Crippen MR) is 95.8 cm³/mol. The van der Waals surface area contributed by atoms with Gasteiger partial charge in [-0.25, -0.2) is 4.79 Å². The van der Waals surface area contributed by atoms with Gasteiger partial charge in [0, 0.05) is 21.8 Å². The number of rotatable bonds is 6. The van der Waals surface area contributed by atoms with Crippen LogP contribution in [-0.2, 0) is 14.3 Å². The molecule has 1 N–H and O–H groups in total. The van der Waals surface area contributed by atoms with Crippen molar-refractivity contribution in [2.45, 2.75) is 31.7 Å². The summed E-state index contributed by atoms with van der Waals surface area (Å²) in [6.07, 6.45) is 4.25. The topological polar surface area (TPSA) is 64.6 Å². The molecule has 1 aliphatic carbocycles. The molecule has 0 radical (unpaired) electrons. The Morgan fingerprint density at radius 1 is 1.04 bits per heavy atom. The van der Waals surface area contributed by atoms with E-state index in [1.165, 1.54) is 0 Å². The molecule has 1 amide bonds. The summed E-state index contributed by atoms with van der Waals surface area (Å²) in [4.78, 5) is 23.6. The van der Waals surface area contributed by atoms with Crippen molar-refractivity contribution >= 4 is 34.2 Å². The molecule has 0 heterocycles. The van der Waals surface area contributed by atoms with Gasteiger partial charge in [0.25, 0.3) is 5.91 Å². The molecule has 0 saturated heterocycles. The highest BCUT2D eigenvalue weighted by molar-refractivity contribution is 6.35. The Kier molecular flexibility index (Phi) is 5.76. The molecule has 5 nitrogen and oxygen atoms in total. The van der Waals surface area contributed by atoms with Crippen LogP contribution >= 0.6 is 11.6 Å². The first kappa shape index (κ1) is 17.5. The Balaban J connectivity index is 1.49. The van der Waals surface area contributed by atoms with Gasteiger partial charge in [-0.2, -0.15) is 0 Å². The second-order valence-electron chi connectivity index (χ2n) is 6.09. The van der Waals surface area contributed by atoms with E-state index in [2.05, 4.69) is 5.32 Å². The molecule has 0 unspecified atom stereocenters. The summed E-state index contributed by atoms with van der Waals surface area (Å²) in [5.41, 5.74) is 0. The molecule has 1 saturated carbocycles. The summed E-state index contributed by atoms with van der Waals surface area (Å²) in [6, 6.07) is 11.2. The maximum atomic E-state index is 11.8. The third kappa shape index (κ3) is 4.63. The van der Waals surface area contributed by atoms with Gasteiger partial charge in [-0.3, -0.25) is 4.79 Å². The highest BCUT2D eigenvalue weighted by atomic mass is 35.5. The van der Waals surface area contributed by atoms with Crippen molar-refractivity contribution in [1.29, 1.82) is 0 Å². The lowest BCUT2D eigenvalue weighted by molar-refractivity contribution is -0.150. The zero-order valence-corrected chi connectivity index (χ0v) is 14.6. The van der Waals surface area contributed by atoms with Gasteiger partial charge in [-0.15, -0.1) is 0 Å². The van der Waals surface area contributed by atoms with Crippen molar-refractivity contribution < 1.29 is 19.1 Å². The maximum Gasteiger partial charge on any atom is 0.344 e. The third-order valence-electron chi connectivity index (χ3n) is 4.26. The average molecular weight is 362 g/mol. The van der Waals surface area contributed by atoms with Crippen LogP contribution in [0, 0.1) is 0 Å². The second kappa shape index (κ2) is 8.21. The number of fused-ring (bicyclic) bond motifs is 1. The molecule has 2 aromatic rings. The van der Waals surface area contributed by atoms with E-state index >= 15 is 0 Å². The number of carbonyl (C=O) groups is 2. The Hall–Kier alpha value is -2.27. The molecule has 0 spiro atoms. The van der Waals surface area contributed by atoms with Crippen LogP contribution in [0.2, 0.25) is 5.02 Å². The molecule has 2 aromatic carbocycles. The van der Waals surface area contributed by atoms with Crippen LogP contribution < -0.4 is 10.1 Å². The smallest absolute Gasteiger partial charge is 0.344 e. The molecule has 1 fully saturated rings. The molecule has 1 aliphatic rings. The molecule has 0 atom stereocenters. The van der Waals surface area contributed by atoms with E-state index in [4.69, 9.17) is 21.1 Å². The van der Waals surface area contributed by atoms with Gasteiger partial charge in [0.1, 0.15) is 5.75 Å². The Morgan fingerprint density at radius 2 is 1.76 bits per heavy atom. The first-order valence-electron chi connectivity index (χ1n) is 8.38. The van der Waals surface area contributed by atoms with Gasteiger partial charge in [-0.1, -0.05) is 48.7 Å². The summed E-state index contributed by atoms with van der Waals surface area (Å²) in [5, 5.41) is 5.16. The van der Waals surface area contributed by atoms with Crippen LogP contribution in [0.5, 0.6) is 5.75 Å².